The molecule has 0 saturated carbocycles. The number of Topliss-reactive ketones (excluding diaryl/α,β-unsaturated/α-hetero) is 1. The van der Waals surface area contributed by atoms with E-state index >= 15 is 0 Å². The lowest BCUT2D eigenvalue weighted by Gasteiger charge is -2.17. The molecule has 0 unspecified atom stereocenters. The molecule has 0 spiro atoms. The Balaban J connectivity index is 2.71. The molecule has 0 fully saturated rings. The maximum Gasteiger partial charge on any atom is 0.367 e. The molecule has 0 aliphatic heterocycles. The van der Waals surface area contributed by atoms with Crippen LogP contribution < -0.4 is 4.74 Å². The predicted octanol–water partition coefficient (Wildman–Crippen LogP) is 3.49. The Bertz CT molecular complexity index is 462. The van der Waals surface area contributed by atoms with Gasteiger partial charge in [-0.1, -0.05) is 12.1 Å². The Labute approximate surface area is 113 Å². The molecule has 0 amide bonds. The van der Waals surface area contributed by atoms with E-state index in [0.29, 0.717) is 11.3 Å². The Hall–Kier alpha value is -1.16. The van der Waals surface area contributed by atoms with Gasteiger partial charge in [-0.2, -0.15) is 0 Å². The number of ether oxygens (including phenoxy) is 1. The van der Waals surface area contributed by atoms with Gasteiger partial charge < -0.3 is 13.8 Å². The summed E-state index contributed by atoms with van der Waals surface area (Å²) in [6.45, 7) is 5.52. The Morgan fingerprint density at radius 1 is 1.21 bits per heavy atom. The maximum absolute atomic E-state index is 12.2. The van der Waals surface area contributed by atoms with Gasteiger partial charge >= 0.3 is 7.60 Å². The highest BCUT2D eigenvalue weighted by molar-refractivity contribution is 7.53. The highest BCUT2D eigenvalue weighted by Gasteiger charge is 2.24. The molecule has 1 aromatic carbocycles. The first-order chi connectivity index (χ1) is 9.00. The standard InChI is InChI=1S/C13H19O5P/c1-4-17-19(15,18-5-2)10-16-13-8-6-7-12(9-13)11(3)14/h6-9H,4-5,10H2,1-3H3. The summed E-state index contributed by atoms with van der Waals surface area (Å²) in [6, 6.07) is 6.69. The number of ketones is 1. The molecule has 1 rings (SSSR count). The lowest BCUT2D eigenvalue weighted by Crippen LogP contribution is -2.06. The summed E-state index contributed by atoms with van der Waals surface area (Å²) in [6.07, 6.45) is -0.171. The number of benzene rings is 1. The fraction of sp³-hybridized carbons (Fsp3) is 0.462. The van der Waals surface area contributed by atoms with Gasteiger partial charge in [0.15, 0.2) is 12.1 Å². The Kier molecular flexibility index (Phi) is 6.22. The third-order valence-electron chi connectivity index (χ3n) is 2.28. The third-order valence-corrected chi connectivity index (χ3v) is 4.03. The first-order valence-electron chi connectivity index (χ1n) is 6.12. The smallest absolute Gasteiger partial charge is 0.367 e. The van der Waals surface area contributed by atoms with Crippen molar-refractivity contribution in [3.8, 4) is 5.75 Å². The molecule has 106 valence electrons. The van der Waals surface area contributed by atoms with Gasteiger partial charge in [0, 0.05) is 5.56 Å². The minimum absolute atomic E-state index is 0.0525. The van der Waals surface area contributed by atoms with Gasteiger partial charge in [0.2, 0.25) is 0 Å². The highest BCUT2D eigenvalue weighted by Crippen LogP contribution is 2.47. The summed E-state index contributed by atoms with van der Waals surface area (Å²) in [4.78, 5) is 11.2. The van der Waals surface area contributed by atoms with E-state index in [1.54, 1.807) is 38.1 Å². The zero-order valence-corrected chi connectivity index (χ0v) is 12.3. The van der Waals surface area contributed by atoms with Crippen molar-refractivity contribution in [2.45, 2.75) is 20.8 Å². The largest absolute Gasteiger partial charge is 0.481 e. The van der Waals surface area contributed by atoms with Gasteiger partial charge in [-0.05, 0) is 32.9 Å². The van der Waals surface area contributed by atoms with Crippen LogP contribution in [0.1, 0.15) is 31.1 Å². The van der Waals surface area contributed by atoms with Crippen LogP contribution in [0.15, 0.2) is 24.3 Å². The summed E-state index contributed by atoms with van der Waals surface area (Å²) in [5.41, 5.74) is 0.542. The molecule has 0 aliphatic carbocycles. The summed E-state index contributed by atoms with van der Waals surface area (Å²) >= 11 is 0. The summed E-state index contributed by atoms with van der Waals surface area (Å²) in [5.74, 6) is 0.413. The molecule has 19 heavy (non-hydrogen) atoms. The van der Waals surface area contributed by atoms with Crippen LogP contribution in [0.5, 0.6) is 5.75 Å². The van der Waals surface area contributed by atoms with Crippen LogP contribution in [0.3, 0.4) is 0 Å². The molecule has 0 saturated heterocycles. The summed E-state index contributed by atoms with van der Waals surface area (Å²) < 4.78 is 27.8. The SMILES string of the molecule is CCOP(=O)(COc1cccc(C(C)=O)c1)OCC. The quantitative estimate of drug-likeness (QED) is 0.540. The number of hydrogen-bond donors (Lipinski definition) is 0. The summed E-state index contributed by atoms with van der Waals surface area (Å²) in [5, 5.41) is 0. The van der Waals surface area contributed by atoms with Crippen LogP contribution in [0.4, 0.5) is 0 Å². The summed E-state index contributed by atoms with van der Waals surface area (Å²) in [7, 11) is -3.23. The first-order valence-corrected chi connectivity index (χ1v) is 7.85. The van der Waals surface area contributed by atoms with Crippen LogP contribution >= 0.6 is 7.60 Å². The fourth-order valence-electron chi connectivity index (χ4n) is 1.46. The van der Waals surface area contributed by atoms with Gasteiger partial charge in [0.1, 0.15) is 5.75 Å². The van der Waals surface area contributed by atoms with Crippen molar-refractivity contribution in [2.75, 3.05) is 19.6 Å². The molecule has 6 heteroatoms. The van der Waals surface area contributed by atoms with E-state index in [9.17, 15) is 9.36 Å². The second-order valence-electron chi connectivity index (χ2n) is 3.80. The van der Waals surface area contributed by atoms with Crippen LogP contribution in [0.2, 0.25) is 0 Å². The molecular weight excluding hydrogens is 267 g/mol. The number of hydrogen-bond acceptors (Lipinski definition) is 5. The van der Waals surface area contributed by atoms with Gasteiger partial charge in [0.05, 0.1) is 13.2 Å². The Morgan fingerprint density at radius 3 is 2.37 bits per heavy atom. The molecule has 0 N–H and O–H groups in total. The van der Waals surface area contributed by atoms with Crippen LogP contribution in [-0.4, -0.2) is 25.3 Å². The molecule has 0 aliphatic rings. The molecule has 0 bridgehead atoms. The van der Waals surface area contributed by atoms with E-state index in [1.807, 2.05) is 0 Å². The predicted molar refractivity (Wildman–Crippen MR) is 72.8 cm³/mol. The van der Waals surface area contributed by atoms with Crippen molar-refractivity contribution in [3.63, 3.8) is 0 Å². The van der Waals surface area contributed by atoms with Crippen molar-refractivity contribution in [1.82, 2.24) is 0 Å². The van der Waals surface area contributed by atoms with Crippen molar-refractivity contribution < 1.29 is 23.1 Å². The van der Waals surface area contributed by atoms with Crippen LogP contribution in [0.25, 0.3) is 0 Å². The lowest BCUT2D eigenvalue weighted by molar-refractivity contribution is 0.101. The maximum atomic E-state index is 12.2. The molecule has 0 heterocycles. The van der Waals surface area contributed by atoms with Crippen molar-refractivity contribution in [1.29, 1.82) is 0 Å². The average molecular weight is 286 g/mol. The third kappa shape index (κ3) is 5.15. The van der Waals surface area contributed by atoms with Crippen molar-refractivity contribution in [3.05, 3.63) is 29.8 Å². The van der Waals surface area contributed by atoms with Gasteiger partial charge in [-0.3, -0.25) is 9.36 Å². The number of carbonyl (C=O) groups is 1. The van der Waals surface area contributed by atoms with Crippen LogP contribution in [0, 0.1) is 0 Å². The van der Waals surface area contributed by atoms with Crippen molar-refractivity contribution in [2.24, 2.45) is 0 Å². The molecule has 0 aromatic heterocycles. The highest BCUT2D eigenvalue weighted by atomic mass is 31.2. The molecule has 1 aromatic rings. The molecular formula is C13H19O5P. The minimum Gasteiger partial charge on any atom is -0.481 e. The fourth-order valence-corrected chi connectivity index (χ4v) is 2.78. The first kappa shape index (κ1) is 15.9. The van der Waals surface area contributed by atoms with Crippen molar-refractivity contribution >= 4 is 13.4 Å². The number of carbonyl (C=O) groups excluding carboxylic acids is 1. The topological polar surface area (TPSA) is 61.8 Å². The number of rotatable bonds is 8. The van der Waals surface area contributed by atoms with Gasteiger partial charge in [0.25, 0.3) is 0 Å². The van der Waals surface area contributed by atoms with Gasteiger partial charge in [-0.25, -0.2) is 0 Å². The van der Waals surface area contributed by atoms with E-state index in [2.05, 4.69) is 0 Å². The molecule has 5 nitrogen and oxygen atoms in total. The van der Waals surface area contributed by atoms with Crippen LogP contribution in [-0.2, 0) is 13.6 Å². The van der Waals surface area contributed by atoms with E-state index < -0.39 is 7.60 Å². The monoisotopic (exact) mass is 286 g/mol. The molecule has 0 atom stereocenters. The van der Waals surface area contributed by atoms with E-state index in [4.69, 9.17) is 13.8 Å². The zero-order valence-electron chi connectivity index (χ0n) is 11.4. The normalized spacial score (nSPS) is 11.3. The average Bonchev–Trinajstić information content (AvgIpc) is 2.37. The zero-order chi connectivity index (χ0) is 14.3. The molecule has 0 radical (unpaired) electrons. The lowest BCUT2D eigenvalue weighted by atomic mass is 10.1. The Morgan fingerprint density at radius 2 is 1.84 bits per heavy atom. The van der Waals surface area contributed by atoms with E-state index in [0.717, 1.165) is 0 Å². The second kappa shape index (κ2) is 7.43. The second-order valence-corrected chi connectivity index (χ2v) is 5.80. The van der Waals surface area contributed by atoms with E-state index in [-0.39, 0.29) is 25.3 Å². The minimum atomic E-state index is -3.23. The van der Waals surface area contributed by atoms with Gasteiger partial charge in [-0.15, -0.1) is 0 Å². The van der Waals surface area contributed by atoms with E-state index in [1.165, 1.54) is 6.92 Å².